The van der Waals surface area contributed by atoms with Crippen LogP contribution in [0.15, 0.2) is 22.8 Å². The molecule has 0 bridgehead atoms. The summed E-state index contributed by atoms with van der Waals surface area (Å²) in [6.45, 7) is 0. The molecule has 1 heterocycles. The fraction of sp³-hybridized carbons (Fsp3) is 0.429. The lowest BCUT2D eigenvalue weighted by atomic mass is 10.1. The number of rotatable bonds is 3. The molecule has 1 aromatic heterocycles. The molecule has 0 radical (unpaired) electrons. The van der Waals surface area contributed by atoms with Crippen molar-refractivity contribution in [2.75, 3.05) is 0 Å². The van der Waals surface area contributed by atoms with E-state index < -0.39 is 18.6 Å². The summed E-state index contributed by atoms with van der Waals surface area (Å²) >= 11 is 0. The predicted octanol–water partition coefficient (Wildman–Crippen LogP) is 1.74. The molecule has 6 heteroatoms. The van der Waals surface area contributed by atoms with Crippen LogP contribution in [-0.4, -0.2) is 6.18 Å². The van der Waals surface area contributed by atoms with E-state index in [1.807, 2.05) is 5.43 Å². The molecule has 0 fully saturated rings. The molecule has 0 aliphatic heterocycles. The number of hydrogen-bond acceptors (Lipinski definition) is 3. The van der Waals surface area contributed by atoms with Crippen LogP contribution in [0.1, 0.15) is 18.2 Å². The summed E-state index contributed by atoms with van der Waals surface area (Å²) in [5, 5.41) is 0. The van der Waals surface area contributed by atoms with Crippen LogP contribution < -0.4 is 11.3 Å². The first-order valence-electron chi connectivity index (χ1n) is 3.59. The summed E-state index contributed by atoms with van der Waals surface area (Å²) in [4.78, 5) is 0. The van der Waals surface area contributed by atoms with Gasteiger partial charge in [0.2, 0.25) is 0 Å². The normalized spacial score (nSPS) is 14.5. The number of furan rings is 1. The monoisotopic (exact) mass is 194 g/mol. The molecule has 0 spiro atoms. The smallest absolute Gasteiger partial charge is 0.391 e. The molecule has 0 saturated carbocycles. The molecular formula is C7H9F3N2O. The Balaban J connectivity index is 2.64. The molecule has 0 aromatic carbocycles. The van der Waals surface area contributed by atoms with Crippen LogP contribution in [0.3, 0.4) is 0 Å². The van der Waals surface area contributed by atoms with E-state index in [1.165, 1.54) is 18.4 Å². The van der Waals surface area contributed by atoms with Crippen molar-refractivity contribution < 1.29 is 17.6 Å². The molecule has 1 rings (SSSR count). The van der Waals surface area contributed by atoms with Gasteiger partial charge in [0, 0.05) is 0 Å². The zero-order chi connectivity index (χ0) is 9.90. The van der Waals surface area contributed by atoms with Gasteiger partial charge in [0.25, 0.3) is 0 Å². The summed E-state index contributed by atoms with van der Waals surface area (Å²) in [5.74, 6) is 5.14. The maximum absolute atomic E-state index is 11.9. The van der Waals surface area contributed by atoms with Gasteiger partial charge in [-0.05, 0) is 12.1 Å². The van der Waals surface area contributed by atoms with Crippen molar-refractivity contribution in [3.63, 3.8) is 0 Å². The van der Waals surface area contributed by atoms with Gasteiger partial charge in [-0.25, -0.2) is 5.43 Å². The second kappa shape index (κ2) is 3.80. The second-order valence-corrected chi connectivity index (χ2v) is 2.55. The largest absolute Gasteiger partial charge is 0.468 e. The van der Waals surface area contributed by atoms with Crippen molar-refractivity contribution in [1.29, 1.82) is 0 Å². The molecule has 74 valence electrons. The third-order valence-electron chi connectivity index (χ3n) is 1.52. The Labute approximate surface area is 72.7 Å². The van der Waals surface area contributed by atoms with Gasteiger partial charge in [-0.3, -0.25) is 5.84 Å². The molecule has 13 heavy (non-hydrogen) atoms. The number of hydrazine groups is 1. The topological polar surface area (TPSA) is 51.2 Å². The first-order valence-corrected chi connectivity index (χ1v) is 3.59. The number of hydrogen-bond donors (Lipinski definition) is 2. The van der Waals surface area contributed by atoms with E-state index >= 15 is 0 Å². The molecule has 1 unspecified atom stereocenters. The molecule has 0 saturated heterocycles. The zero-order valence-corrected chi connectivity index (χ0v) is 6.64. The minimum atomic E-state index is -4.26. The van der Waals surface area contributed by atoms with Crippen LogP contribution in [-0.2, 0) is 0 Å². The molecule has 1 aromatic rings. The first-order chi connectivity index (χ1) is 6.03. The van der Waals surface area contributed by atoms with Crippen LogP contribution in [0.4, 0.5) is 13.2 Å². The summed E-state index contributed by atoms with van der Waals surface area (Å²) in [6.07, 6.45) is -4.00. The van der Waals surface area contributed by atoms with Crippen LogP contribution in [0.5, 0.6) is 0 Å². The van der Waals surface area contributed by atoms with Crippen LogP contribution in [0.25, 0.3) is 0 Å². The summed E-state index contributed by atoms with van der Waals surface area (Å²) in [7, 11) is 0. The fourth-order valence-electron chi connectivity index (χ4n) is 0.963. The number of halogens is 3. The lowest BCUT2D eigenvalue weighted by Crippen LogP contribution is -2.31. The molecule has 1 atom stereocenters. The Kier molecular flexibility index (Phi) is 2.94. The average Bonchev–Trinajstić information content (AvgIpc) is 2.50. The Morgan fingerprint density at radius 1 is 1.54 bits per heavy atom. The Hall–Kier alpha value is -1.01. The van der Waals surface area contributed by atoms with E-state index in [2.05, 4.69) is 0 Å². The predicted molar refractivity (Wildman–Crippen MR) is 39.4 cm³/mol. The minimum absolute atomic E-state index is 0.180. The third kappa shape index (κ3) is 3.08. The van der Waals surface area contributed by atoms with Crippen molar-refractivity contribution >= 4 is 0 Å². The van der Waals surface area contributed by atoms with Gasteiger partial charge in [0.05, 0.1) is 18.7 Å². The van der Waals surface area contributed by atoms with E-state index in [1.54, 1.807) is 0 Å². The Bertz CT molecular complexity index is 245. The highest BCUT2D eigenvalue weighted by Gasteiger charge is 2.33. The molecule has 0 aliphatic rings. The van der Waals surface area contributed by atoms with Crippen molar-refractivity contribution in [2.24, 2.45) is 5.84 Å². The number of alkyl halides is 3. The quantitative estimate of drug-likeness (QED) is 0.569. The third-order valence-corrected chi connectivity index (χ3v) is 1.52. The standard InChI is InChI=1S/C7H9F3N2O/c8-7(9,10)4-5(12-11)6-2-1-3-13-6/h1-3,5,12H,4,11H2. The maximum atomic E-state index is 11.9. The van der Waals surface area contributed by atoms with Crippen molar-refractivity contribution in [1.82, 2.24) is 5.43 Å². The van der Waals surface area contributed by atoms with Crippen LogP contribution in [0, 0.1) is 0 Å². The molecule has 3 nitrogen and oxygen atoms in total. The van der Waals surface area contributed by atoms with Gasteiger partial charge < -0.3 is 4.42 Å². The average molecular weight is 194 g/mol. The van der Waals surface area contributed by atoms with E-state index in [0.717, 1.165) is 0 Å². The Morgan fingerprint density at radius 2 is 2.23 bits per heavy atom. The molecule has 0 amide bonds. The fourth-order valence-corrected chi connectivity index (χ4v) is 0.963. The van der Waals surface area contributed by atoms with Crippen molar-refractivity contribution in [2.45, 2.75) is 18.6 Å². The number of nitrogens with two attached hydrogens (primary N) is 1. The van der Waals surface area contributed by atoms with Gasteiger partial charge >= 0.3 is 6.18 Å². The van der Waals surface area contributed by atoms with E-state index in [-0.39, 0.29) is 5.76 Å². The maximum Gasteiger partial charge on any atom is 0.391 e. The van der Waals surface area contributed by atoms with Gasteiger partial charge in [-0.2, -0.15) is 13.2 Å². The van der Waals surface area contributed by atoms with Gasteiger partial charge in [-0.15, -0.1) is 0 Å². The van der Waals surface area contributed by atoms with Crippen molar-refractivity contribution in [3.05, 3.63) is 24.2 Å². The summed E-state index contributed by atoms with van der Waals surface area (Å²) in [6, 6.07) is 1.93. The van der Waals surface area contributed by atoms with E-state index in [9.17, 15) is 13.2 Å². The molecule has 3 N–H and O–H groups in total. The number of nitrogens with one attached hydrogen (secondary N) is 1. The molecular weight excluding hydrogens is 185 g/mol. The summed E-state index contributed by atoms with van der Waals surface area (Å²) in [5.41, 5.74) is 2.05. The first kappa shape index (κ1) is 10.1. The van der Waals surface area contributed by atoms with Crippen molar-refractivity contribution in [3.8, 4) is 0 Å². The second-order valence-electron chi connectivity index (χ2n) is 2.55. The Morgan fingerprint density at radius 3 is 2.62 bits per heavy atom. The van der Waals surface area contributed by atoms with Gasteiger partial charge in [-0.1, -0.05) is 0 Å². The zero-order valence-electron chi connectivity index (χ0n) is 6.64. The lowest BCUT2D eigenvalue weighted by Gasteiger charge is -2.14. The highest BCUT2D eigenvalue weighted by atomic mass is 19.4. The summed E-state index contributed by atoms with van der Waals surface area (Å²) < 4.78 is 40.6. The SMILES string of the molecule is NNC(CC(F)(F)F)c1ccco1. The van der Waals surface area contributed by atoms with E-state index in [4.69, 9.17) is 10.3 Å². The highest BCUT2D eigenvalue weighted by molar-refractivity contribution is 5.04. The highest BCUT2D eigenvalue weighted by Crippen LogP contribution is 2.28. The van der Waals surface area contributed by atoms with Gasteiger partial charge in [0.1, 0.15) is 5.76 Å². The molecule has 0 aliphatic carbocycles. The van der Waals surface area contributed by atoms with Crippen LogP contribution in [0.2, 0.25) is 0 Å². The van der Waals surface area contributed by atoms with Crippen LogP contribution >= 0.6 is 0 Å². The van der Waals surface area contributed by atoms with Gasteiger partial charge in [0.15, 0.2) is 0 Å². The lowest BCUT2D eigenvalue weighted by molar-refractivity contribution is -0.141. The van der Waals surface area contributed by atoms with E-state index in [0.29, 0.717) is 0 Å². The minimum Gasteiger partial charge on any atom is -0.468 e.